The molecule has 2 aliphatic rings. The number of benzene rings is 1. The van der Waals surface area contributed by atoms with Crippen molar-refractivity contribution in [3.63, 3.8) is 0 Å². The van der Waals surface area contributed by atoms with Crippen LogP contribution in [-0.4, -0.2) is 37.7 Å². The van der Waals surface area contributed by atoms with Gasteiger partial charge in [-0.1, -0.05) is 24.3 Å². The minimum atomic E-state index is 0.709. The van der Waals surface area contributed by atoms with Gasteiger partial charge in [0.2, 0.25) is 0 Å². The highest BCUT2D eigenvalue weighted by Crippen LogP contribution is 2.30. The summed E-state index contributed by atoms with van der Waals surface area (Å²) in [6, 6.07) is 9.77. The van der Waals surface area contributed by atoms with E-state index in [-0.39, 0.29) is 0 Å². The van der Waals surface area contributed by atoms with E-state index < -0.39 is 0 Å². The van der Waals surface area contributed by atoms with Gasteiger partial charge in [-0.05, 0) is 55.8 Å². The third-order valence-corrected chi connectivity index (χ3v) is 4.67. The van der Waals surface area contributed by atoms with Gasteiger partial charge in [0.05, 0.1) is 6.61 Å². The van der Waals surface area contributed by atoms with Gasteiger partial charge < -0.3 is 10.1 Å². The Kier molecular flexibility index (Phi) is 5.28. The number of hydrogen-bond donors (Lipinski definition) is 1. The van der Waals surface area contributed by atoms with Crippen LogP contribution in [0.3, 0.4) is 0 Å². The molecular weight excluding hydrogens is 260 g/mol. The van der Waals surface area contributed by atoms with Crippen LogP contribution >= 0.6 is 0 Å². The molecule has 1 aromatic rings. The molecule has 0 bridgehead atoms. The molecule has 0 spiro atoms. The van der Waals surface area contributed by atoms with Crippen LogP contribution in [0.2, 0.25) is 0 Å². The Morgan fingerprint density at radius 3 is 2.52 bits per heavy atom. The van der Waals surface area contributed by atoms with Gasteiger partial charge in [-0.25, -0.2) is 0 Å². The first-order valence-corrected chi connectivity index (χ1v) is 8.36. The van der Waals surface area contributed by atoms with E-state index in [1.54, 1.807) is 7.11 Å². The van der Waals surface area contributed by atoms with Crippen LogP contribution in [0.15, 0.2) is 24.3 Å². The Morgan fingerprint density at radius 1 is 1.14 bits per heavy atom. The van der Waals surface area contributed by atoms with E-state index in [9.17, 15) is 0 Å². The number of rotatable bonds is 7. The number of ether oxygens (including phenoxy) is 1. The lowest BCUT2D eigenvalue weighted by atomic mass is 9.98. The van der Waals surface area contributed by atoms with Gasteiger partial charge in [0.15, 0.2) is 0 Å². The van der Waals surface area contributed by atoms with E-state index in [0.717, 1.165) is 18.5 Å². The van der Waals surface area contributed by atoms with Crippen LogP contribution in [0.25, 0.3) is 0 Å². The summed E-state index contributed by atoms with van der Waals surface area (Å²) in [5, 5.41) is 3.54. The van der Waals surface area contributed by atoms with Crippen molar-refractivity contribution in [2.75, 3.05) is 26.7 Å². The molecule has 3 nitrogen and oxygen atoms in total. The van der Waals surface area contributed by atoms with Gasteiger partial charge in [-0.3, -0.25) is 4.90 Å². The van der Waals surface area contributed by atoms with Gasteiger partial charge in [-0.2, -0.15) is 0 Å². The molecule has 1 heterocycles. The van der Waals surface area contributed by atoms with Crippen molar-refractivity contribution >= 4 is 0 Å². The fourth-order valence-electron chi connectivity index (χ4n) is 3.34. The maximum absolute atomic E-state index is 5.18. The molecule has 1 atom stereocenters. The van der Waals surface area contributed by atoms with Crippen molar-refractivity contribution in [2.24, 2.45) is 5.92 Å². The van der Waals surface area contributed by atoms with E-state index in [2.05, 4.69) is 34.5 Å². The molecule has 1 unspecified atom stereocenters. The molecule has 116 valence electrons. The summed E-state index contributed by atoms with van der Waals surface area (Å²) in [4.78, 5) is 2.71. The van der Waals surface area contributed by atoms with Crippen molar-refractivity contribution in [3.05, 3.63) is 35.4 Å². The van der Waals surface area contributed by atoms with E-state index in [1.165, 1.54) is 56.4 Å². The highest BCUT2D eigenvalue weighted by atomic mass is 16.5. The highest BCUT2D eigenvalue weighted by Gasteiger charge is 2.30. The van der Waals surface area contributed by atoms with E-state index in [4.69, 9.17) is 4.74 Å². The molecule has 1 saturated heterocycles. The summed E-state index contributed by atoms with van der Waals surface area (Å²) >= 11 is 0. The number of hydrogen-bond acceptors (Lipinski definition) is 3. The molecule has 1 saturated carbocycles. The van der Waals surface area contributed by atoms with Crippen LogP contribution in [0, 0.1) is 5.92 Å². The second-order valence-electron chi connectivity index (χ2n) is 6.62. The zero-order chi connectivity index (χ0) is 14.5. The first-order chi connectivity index (χ1) is 10.3. The molecule has 0 radical (unpaired) electrons. The lowest BCUT2D eigenvalue weighted by Gasteiger charge is -2.30. The summed E-state index contributed by atoms with van der Waals surface area (Å²) in [6.07, 6.45) is 5.52. The average Bonchev–Trinajstić information content (AvgIpc) is 3.35. The Morgan fingerprint density at radius 2 is 1.90 bits per heavy atom. The second-order valence-corrected chi connectivity index (χ2v) is 6.62. The zero-order valence-electron chi connectivity index (χ0n) is 13.2. The van der Waals surface area contributed by atoms with Gasteiger partial charge in [0.25, 0.3) is 0 Å². The molecule has 1 N–H and O–H groups in total. The molecular formula is C18H28N2O. The Hall–Kier alpha value is -0.900. The predicted octanol–water partition coefficient (Wildman–Crippen LogP) is 2.80. The Balaban J connectivity index is 1.56. The largest absolute Gasteiger partial charge is 0.380 e. The maximum atomic E-state index is 5.18. The lowest BCUT2D eigenvalue weighted by Crippen LogP contribution is -2.39. The van der Waals surface area contributed by atoms with Crippen molar-refractivity contribution in [2.45, 2.75) is 44.9 Å². The number of nitrogens with zero attached hydrogens (tertiary/aromatic N) is 1. The molecule has 0 aromatic heterocycles. The van der Waals surface area contributed by atoms with E-state index in [1.807, 2.05) is 0 Å². The third-order valence-electron chi connectivity index (χ3n) is 4.67. The molecule has 3 rings (SSSR count). The minimum absolute atomic E-state index is 0.709. The van der Waals surface area contributed by atoms with E-state index >= 15 is 0 Å². The normalized spacial score (nSPS) is 22.7. The Labute approximate surface area is 128 Å². The molecule has 2 fully saturated rings. The van der Waals surface area contributed by atoms with Crippen LogP contribution in [0.1, 0.15) is 36.8 Å². The monoisotopic (exact) mass is 288 g/mol. The number of piperidine rings is 1. The fourth-order valence-corrected chi connectivity index (χ4v) is 3.34. The van der Waals surface area contributed by atoms with Crippen molar-refractivity contribution in [3.8, 4) is 0 Å². The van der Waals surface area contributed by atoms with Crippen molar-refractivity contribution < 1.29 is 4.74 Å². The highest BCUT2D eigenvalue weighted by molar-refractivity contribution is 5.22. The maximum Gasteiger partial charge on any atom is 0.0713 e. The van der Waals surface area contributed by atoms with Crippen LogP contribution < -0.4 is 5.32 Å². The first-order valence-electron chi connectivity index (χ1n) is 8.36. The standard InChI is InChI=1S/C18H28N2O/c1-21-14-16-6-4-15(5-7-16)12-20(18-8-9-18)13-17-3-2-10-19-11-17/h4-7,17-19H,2-3,8-14H2,1H3. The van der Waals surface area contributed by atoms with Crippen LogP contribution in [0.5, 0.6) is 0 Å². The fraction of sp³-hybridized carbons (Fsp3) is 0.667. The number of nitrogens with one attached hydrogen (secondary N) is 1. The van der Waals surface area contributed by atoms with Gasteiger partial charge in [-0.15, -0.1) is 0 Å². The molecule has 0 amide bonds. The molecule has 1 aromatic carbocycles. The Bertz CT molecular complexity index is 421. The summed E-state index contributed by atoms with van der Waals surface area (Å²) < 4.78 is 5.18. The smallest absolute Gasteiger partial charge is 0.0713 e. The predicted molar refractivity (Wildman–Crippen MR) is 86.2 cm³/mol. The summed E-state index contributed by atoms with van der Waals surface area (Å²) in [5.41, 5.74) is 2.70. The van der Waals surface area contributed by atoms with Crippen molar-refractivity contribution in [1.82, 2.24) is 10.2 Å². The number of methoxy groups -OCH3 is 1. The summed E-state index contributed by atoms with van der Waals surface area (Å²) in [6.45, 7) is 5.49. The van der Waals surface area contributed by atoms with Gasteiger partial charge >= 0.3 is 0 Å². The van der Waals surface area contributed by atoms with Crippen molar-refractivity contribution in [1.29, 1.82) is 0 Å². The van der Waals surface area contributed by atoms with Gasteiger partial charge in [0, 0.05) is 26.2 Å². The van der Waals surface area contributed by atoms with E-state index in [0.29, 0.717) is 6.61 Å². The van der Waals surface area contributed by atoms with Crippen LogP contribution in [0.4, 0.5) is 0 Å². The van der Waals surface area contributed by atoms with Gasteiger partial charge in [0.1, 0.15) is 0 Å². The molecule has 21 heavy (non-hydrogen) atoms. The molecule has 1 aliphatic heterocycles. The molecule has 3 heteroatoms. The zero-order valence-corrected chi connectivity index (χ0v) is 13.2. The molecule has 1 aliphatic carbocycles. The quantitative estimate of drug-likeness (QED) is 0.835. The minimum Gasteiger partial charge on any atom is -0.380 e. The second kappa shape index (κ2) is 7.39. The summed E-state index contributed by atoms with van der Waals surface area (Å²) in [5.74, 6) is 0.840. The first kappa shape index (κ1) is 15.0. The third kappa shape index (κ3) is 4.53. The topological polar surface area (TPSA) is 24.5 Å². The lowest BCUT2D eigenvalue weighted by molar-refractivity contribution is 0.184. The van der Waals surface area contributed by atoms with Crippen LogP contribution in [-0.2, 0) is 17.9 Å². The average molecular weight is 288 g/mol. The SMILES string of the molecule is COCc1ccc(CN(CC2CCCNC2)C2CC2)cc1. The summed E-state index contributed by atoms with van der Waals surface area (Å²) in [7, 11) is 1.75.